The first-order chi connectivity index (χ1) is 8.35. The van der Waals surface area contributed by atoms with Crippen molar-refractivity contribution >= 4 is 23.2 Å². The van der Waals surface area contributed by atoms with Crippen LogP contribution in [0.4, 0.5) is 0 Å². The second kappa shape index (κ2) is 5.68. The van der Waals surface area contributed by atoms with Gasteiger partial charge >= 0.3 is 0 Å². The summed E-state index contributed by atoms with van der Waals surface area (Å²) in [6.45, 7) is 4.20. The maximum absolute atomic E-state index is 11.1. The molecule has 1 aromatic rings. The first kappa shape index (κ1) is 11.9. The molecule has 0 aliphatic carbocycles. The molecule has 0 saturated carbocycles. The molecule has 3 nitrogen and oxygen atoms in total. The van der Waals surface area contributed by atoms with E-state index in [4.69, 9.17) is 0 Å². The second-order valence-corrected chi connectivity index (χ2v) is 4.82. The zero-order chi connectivity index (χ0) is 12.1. The third-order valence-corrected chi connectivity index (χ3v) is 3.78. The van der Waals surface area contributed by atoms with Gasteiger partial charge in [-0.05, 0) is 5.56 Å². The van der Waals surface area contributed by atoms with E-state index < -0.39 is 0 Å². The first-order valence-electron chi connectivity index (χ1n) is 5.44. The van der Waals surface area contributed by atoms with Gasteiger partial charge in [-0.25, -0.2) is 0 Å². The predicted molar refractivity (Wildman–Crippen MR) is 72.3 cm³/mol. The third-order valence-electron chi connectivity index (χ3n) is 2.49. The molecule has 1 aliphatic heterocycles. The van der Waals surface area contributed by atoms with Crippen LogP contribution in [0.1, 0.15) is 10.8 Å². The number of carbonyl (C=O) groups is 1. The summed E-state index contributed by atoms with van der Waals surface area (Å²) in [7, 11) is 0. The normalized spacial score (nSPS) is 25.5. The Bertz CT molecular complexity index is 430. The zero-order valence-electron chi connectivity index (χ0n) is 9.37. The molecule has 4 heteroatoms. The van der Waals surface area contributed by atoms with Gasteiger partial charge in [0.1, 0.15) is 12.3 Å². The van der Waals surface area contributed by atoms with Crippen LogP contribution in [0.3, 0.4) is 0 Å². The van der Waals surface area contributed by atoms with Crippen molar-refractivity contribution in [2.45, 2.75) is 11.3 Å². The number of nitrogens with zero attached hydrogens (tertiary/aromatic N) is 1. The number of nitrogens with one attached hydrogen (secondary N) is 1. The van der Waals surface area contributed by atoms with E-state index in [1.54, 1.807) is 17.8 Å². The highest BCUT2D eigenvalue weighted by molar-refractivity contribution is 8.14. The molecule has 17 heavy (non-hydrogen) atoms. The van der Waals surface area contributed by atoms with Crippen LogP contribution in [-0.2, 0) is 4.79 Å². The molecule has 2 unspecified atom stereocenters. The number of hydrogen-bond acceptors (Lipinski definition) is 3. The Labute approximate surface area is 105 Å². The minimum absolute atomic E-state index is 0.109. The average molecular weight is 246 g/mol. The van der Waals surface area contributed by atoms with E-state index in [0.717, 1.165) is 17.0 Å². The quantitative estimate of drug-likeness (QED) is 0.654. The summed E-state index contributed by atoms with van der Waals surface area (Å²) in [5.41, 5.74) is 1.14. The van der Waals surface area contributed by atoms with Crippen molar-refractivity contribution in [1.29, 1.82) is 0 Å². The lowest BCUT2D eigenvalue weighted by Crippen LogP contribution is -2.29. The van der Waals surface area contributed by atoms with E-state index in [0.29, 0.717) is 6.54 Å². The molecule has 0 bridgehead atoms. The van der Waals surface area contributed by atoms with Crippen molar-refractivity contribution in [2.75, 3.05) is 6.54 Å². The fourth-order valence-corrected chi connectivity index (χ4v) is 2.87. The van der Waals surface area contributed by atoms with Gasteiger partial charge in [0.15, 0.2) is 5.17 Å². The highest BCUT2D eigenvalue weighted by Crippen LogP contribution is 2.36. The lowest BCUT2D eigenvalue weighted by Gasteiger charge is -2.11. The number of rotatable bonds is 4. The number of thioether (sulfide) groups is 1. The summed E-state index contributed by atoms with van der Waals surface area (Å²) in [6.07, 6.45) is 2.68. The summed E-state index contributed by atoms with van der Waals surface area (Å²) < 4.78 is 0. The van der Waals surface area contributed by atoms with E-state index in [1.807, 2.05) is 30.3 Å². The maximum Gasteiger partial charge on any atom is 0.158 e. The van der Waals surface area contributed by atoms with Crippen LogP contribution in [0.15, 0.2) is 48.0 Å². The van der Waals surface area contributed by atoms with Gasteiger partial charge in [0, 0.05) is 0 Å². The van der Waals surface area contributed by atoms with E-state index in [1.165, 1.54) is 0 Å². The monoisotopic (exact) mass is 246 g/mol. The van der Waals surface area contributed by atoms with Crippen LogP contribution >= 0.6 is 11.8 Å². The molecule has 0 aromatic heterocycles. The molecule has 0 spiro atoms. The predicted octanol–water partition coefficient (Wildman–Crippen LogP) is 2.17. The summed E-state index contributed by atoms with van der Waals surface area (Å²) in [4.78, 5) is 15.4. The van der Waals surface area contributed by atoms with Gasteiger partial charge in [0.2, 0.25) is 0 Å². The molecule has 0 amide bonds. The zero-order valence-corrected chi connectivity index (χ0v) is 10.2. The van der Waals surface area contributed by atoms with Gasteiger partial charge in [-0.1, -0.05) is 48.2 Å². The molecule has 2 rings (SSSR count). The molecular formula is C13H14N2OS. The number of carbonyl (C=O) groups excluding carboxylic acids is 1. The van der Waals surface area contributed by atoms with Gasteiger partial charge in [-0.15, -0.1) is 6.58 Å². The fourth-order valence-electron chi connectivity index (χ4n) is 1.70. The Balaban J connectivity index is 2.17. The van der Waals surface area contributed by atoms with Crippen LogP contribution < -0.4 is 5.32 Å². The number of hydrogen-bond donors (Lipinski definition) is 1. The largest absolute Gasteiger partial charge is 0.354 e. The number of amidine groups is 1. The van der Waals surface area contributed by atoms with Crippen LogP contribution in [0.5, 0.6) is 0 Å². The molecule has 1 N–H and O–H groups in total. The SMILES string of the molecule is C=CCN=C1NC(C=O)C(c2ccccc2)S1. The van der Waals surface area contributed by atoms with Gasteiger partial charge in [0.25, 0.3) is 0 Å². The van der Waals surface area contributed by atoms with E-state index >= 15 is 0 Å². The van der Waals surface area contributed by atoms with Gasteiger partial charge in [-0.2, -0.15) is 0 Å². The number of aldehydes is 1. The smallest absolute Gasteiger partial charge is 0.158 e. The lowest BCUT2D eigenvalue weighted by atomic mass is 10.1. The van der Waals surface area contributed by atoms with Crippen LogP contribution in [0.25, 0.3) is 0 Å². The second-order valence-electron chi connectivity index (χ2n) is 3.69. The molecular weight excluding hydrogens is 232 g/mol. The van der Waals surface area contributed by atoms with Crippen LogP contribution in [0, 0.1) is 0 Å². The van der Waals surface area contributed by atoms with Crippen molar-refractivity contribution in [3.8, 4) is 0 Å². The summed E-state index contributed by atoms with van der Waals surface area (Å²) in [5, 5.41) is 4.05. The van der Waals surface area contributed by atoms with Gasteiger partial charge in [-0.3, -0.25) is 4.99 Å². The van der Waals surface area contributed by atoms with Crippen molar-refractivity contribution in [2.24, 2.45) is 4.99 Å². The van der Waals surface area contributed by atoms with Crippen molar-refractivity contribution in [3.63, 3.8) is 0 Å². The lowest BCUT2D eigenvalue weighted by molar-refractivity contribution is -0.109. The van der Waals surface area contributed by atoms with Gasteiger partial charge in [0.05, 0.1) is 11.8 Å². The molecule has 1 saturated heterocycles. The molecule has 1 aromatic carbocycles. The Hall–Kier alpha value is -1.55. The molecule has 0 radical (unpaired) electrons. The van der Waals surface area contributed by atoms with Crippen molar-refractivity contribution in [1.82, 2.24) is 5.32 Å². The van der Waals surface area contributed by atoms with Crippen LogP contribution in [-0.4, -0.2) is 24.0 Å². The average Bonchev–Trinajstić information content (AvgIpc) is 2.80. The fraction of sp³-hybridized carbons (Fsp3) is 0.231. The Morgan fingerprint density at radius 1 is 1.41 bits per heavy atom. The number of aliphatic imine (C=N–C) groups is 1. The summed E-state index contributed by atoms with van der Waals surface area (Å²) in [5.74, 6) is 0. The molecule has 1 aliphatic rings. The van der Waals surface area contributed by atoms with E-state index in [9.17, 15) is 4.79 Å². The maximum atomic E-state index is 11.1. The van der Waals surface area contributed by atoms with Crippen molar-refractivity contribution in [3.05, 3.63) is 48.6 Å². The minimum Gasteiger partial charge on any atom is -0.354 e. The molecule has 2 atom stereocenters. The first-order valence-corrected chi connectivity index (χ1v) is 6.32. The molecule has 1 heterocycles. The van der Waals surface area contributed by atoms with Gasteiger partial charge < -0.3 is 10.1 Å². The Morgan fingerprint density at radius 3 is 2.82 bits per heavy atom. The van der Waals surface area contributed by atoms with E-state index in [2.05, 4.69) is 16.9 Å². The van der Waals surface area contributed by atoms with Crippen molar-refractivity contribution < 1.29 is 4.79 Å². The summed E-state index contributed by atoms with van der Waals surface area (Å²) >= 11 is 1.60. The Kier molecular flexibility index (Phi) is 3.98. The molecule has 1 fully saturated rings. The Morgan fingerprint density at radius 2 is 2.18 bits per heavy atom. The highest BCUT2D eigenvalue weighted by Gasteiger charge is 2.32. The third kappa shape index (κ3) is 2.77. The minimum atomic E-state index is -0.203. The topological polar surface area (TPSA) is 41.5 Å². The standard InChI is InChI=1S/C13H14N2OS/c1-2-8-14-13-15-11(9-16)12(17-13)10-6-4-3-5-7-10/h2-7,9,11-12H,1,8H2,(H,14,15). The highest BCUT2D eigenvalue weighted by atomic mass is 32.2. The molecule has 88 valence electrons. The van der Waals surface area contributed by atoms with Crippen LogP contribution in [0.2, 0.25) is 0 Å². The van der Waals surface area contributed by atoms with E-state index in [-0.39, 0.29) is 11.3 Å². The summed E-state index contributed by atoms with van der Waals surface area (Å²) in [6, 6.07) is 9.80. The number of benzene rings is 1.